The summed E-state index contributed by atoms with van der Waals surface area (Å²) in [7, 11) is 0. The predicted molar refractivity (Wildman–Crippen MR) is 343 cm³/mol. The average Bonchev–Trinajstić information content (AvgIpc) is 4.01. The van der Waals surface area contributed by atoms with E-state index in [4.69, 9.17) is 0 Å². The van der Waals surface area contributed by atoms with Crippen LogP contribution >= 0.6 is 0 Å². The Bertz CT molecular complexity index is 4240. The summed E-state index contributed by atoms with van der Waals surface area (Å²) in [5.74, 6) is 0. The second-order valence-electron chi connectivity index (χ2n) is 20.5. The van der Waals surface area contributed by atoms with Crippen molar-refractivity contribution in [2.45, 2.75) is 0 Å². The Hall–Kier alpha value is -10.7. The number of nitrogens with zero attached hydrogens (tertiary/aromatic N) is 3. The molecule has 3 nitrogen and oxygen atoms in total. The van der Waals surface area contributed by atoms with Crippen LogP contribution in [-0.2, 0) is 0 Å². The molecular weight excluding hydrogens is 979 g/mol. The van der Waals surface area contributed by atoms with Gasteiger partial charge in [0.05, 0.1) is 11.0 Å². The quantitative estimate of drug-likeness (QED) is 0.114. The highest BCUT2D eigenvalue weighted by atomic mass is 15.1. The van der Waals surface area contributed by atoms with Gasteiger partial charge < -0.3 is 14.4 Å². The first-order chi connectivity index (χ1) is 40.2. The molecule has 0 aliphatic carbocycles. The molecule has 0 fully saturated rings. The normalized spacial score (nSPS) is 11.2. The topological polar surface area (TPSA) is 11.4 Å². The van der Waals surface area contributed by atoms with Crippen molar-refractivity contribution in [1.82, 2.24) is 4.57 Å². The van der Waals surface area contributed by atoms with Crippen LogP contribution in [0.15, 0.2) is 334 Å². The zero-order valence-electron chi connectivity index (χ0n) is 44.6. The molecule has 3 heteroatoms. The van der Waals surface area contributed by atoms with Crippen LogP contribution in [0.1, 0.15) is 0 Å². The van der Waals surface area contributed by atoms with Crippen LogP contribution < -0.4 is 9.80 Å². The highest BCUT2D eigenvalue weighted by molar-refractivity contribution is 6.15. The molecule has 0 aliphatic heterocycles. The van der Waals surface area contributed by atoms with E-state index in [1.807, 2.05) is 0 Å². The van der Waals surface area contributed by atoms with E-state index in [2.05, 4.69) is 348 Å². The number of anilines is 6. The van der Waals surface area contributed by atoms with Crippen molar-refractivity contribution in [3.05, 3.63) is 334 Å². The molecule has 14 aromatic rings. The van der Waals surface area contributed by atoms with Crippen molar-refractivity contribution >= 4 is 55.9 Å². The van der Waals surface area contributed by atoms with Crippen molar-refractivity contribution in [1.29, 1.82) is 0 Å². The van der Waals surface area contributed by atoms with E-state index in [9.17, 15) is 0 Å². The lowest BCUT2D eigenvalue weighted by atomic mass is 9.95. The first-order valence-electron chi connectivity index (χ1n) is 27.7. The number of para-hydroxylation sites is 2. The van der Waals surface area contributed by atoms with Gasteiger partial charge in [-0.05, 0) is 164 Å². The van der Waals surface area contributed by atoms with Crippen LogP contribution in [0.4, 0.5) is 34.1 Å². The zero-order valence-corrected chi connectivity index (χ0v) is 44.6. The molecule has 0 saturated carbocycles. The second kappa shape index (κ2) is 21.6. The Labute approximate surface area is 473 Å². The molecule has 0 N–H and O–H groups in total. The fraction of sp³-hybridized carbons (Fsp3) is 0. The van der Waals surface area contributed by atoms with E-state index in [-0.39, 0.29) is 0 Å². The lowest BCUT2D eigenvalue weighted by Crippen LogP contribution is -2.10. The van der Waals surface area contributed by atoms with Gasteiger partial charge in [0.2, 0.25) is 0 Å². The average molecular weight is 1030 g/mol. The van der Waals surface area contributed by atoms with Crippen LogP contribution in [0.5, 0.6) is 0 Å². The molecule has 1 aromatic heterocycles. The summed E-state index contributed by atoms with van der Waals surface area (Å²) in [6.07, 6.45) is 0. The third-order valence-corrected chi connectivity index (χ3v) is 15.6. The third kappa shape index (κ3) is 9.64. The van der Waals surface area contributed by atoms with E-state index in [1.54, 1.807) is 0 Å². The lowest BCUT2D eigenvalue weighted by Gasteiger charge is -2.26. The van der Waals surface area contributed by atoms with Gasteiger partial charge in [-0.1, -0.05) is 231 Å². The number of fused-ring (bicyclic) bond motifs is 3. The number of benzene rings is 13. The first kappa shape index (κ1) is 48.6. The molecular formula is C78H55N3. The maximum atomic E-state index is 2.44. The molecule has 0 unspecified atom stereocenters. The molecule has 13 aromatic carbocycles. The lowest BCUT2D eigenvalue weighted by molar-refractivity contribution is 1.18. The Kier molecular flexibility index (Phi) is 13.0. The van der Waals surface area contributed by atoms with Crippen molar-refractivity contribution in [3.63, 3.8) is 0 Å². The summed E-state index contributed by atoms with van der Waals surface area (Å²) in [4.78, 5) is 4.72. The van der Waals surface area contributed by atoms with E-state index < -0.39 is 0 Å². The molecule has 81 heavy (non-hydrogen) atoms. The Morgan fingerprint density at radius 2 is 0.469 bits per heavy atom. The van der Waals surface area contributed by atoms with E-state index in [0.29, 0.717) is 0 Å². The largest absolute Gasteiger partial charge is 0.311 e. The number of hydrogen-bond acceptors (Lipinski definition) is 2. The molecule has 0 amide bonds. The van der Waals surface area contributed by atoms with Gasteiger partial charge in [0, 0.05) is 56.1 Å². The van der Waals surface area contributed by atoms with Gasteiger partial charge in [-0.2, -0.15) is 0 Å². The SMILES string of the molecule is c1ccc(-c2ccc(N(c3ccc(-c4ccccc4)cc3)c3ccc(-c4cc(-c5ccc(N(c6ccc(-c7ccccc7)cc6)c6ccc(-c7ccccc7)cc6)cc5)c5c(c4)c4ccccc4n5-c4ccccc4)cc3)cc2)cc1. The first-order valence-corrected chi connectivity index (χ1v) is 27.7. The van der Waals surface area contributed by atoms with Gasteiger partial charge in [-0.25, -0.2) is 0 Å². The van der Waals surface area contributed by atoms with Crippen LogP contribution in [-0.4, -0.2) is 4.57 Å². The minimum Gasteiger partial charge on any atom is -0.311 e. The summed E-state index contributed by atoms with van der Waals surface area (Å²) >= 11 is 0. The van der Waals surface area contributed by atoms with Crippen LogP contribution in [0.3, 0.4) is 0 Å². The van der Waals surface area contributed by atoms with Gasteiger partial charge in [0.15, 0.2) is 0 Å². The molecule has 14 rings (SSSR count). The van der Waals surface area contributed by atoms with E-state index >= 15 is 0 Å². The van der Waals surface area contributed by atoms with Crippen LogP contribution in [0.2, 0.25) is 0 Å². The molecule has 382 valence electrons. The monoisotopic (exact) mass is 1030 g/mol. The Morgan fingerprint density at radius 3 is 0.815 bits per heavy atom. The molecule has 0 aliphatic rings. The van der Waals surface area contributed by atoms with Crippen molar-refractivity contribution < 1.29 is 0 Å². The van der Waals surface area contributed by atoms with Crippen molar-refractivity contribution in [2.75, 3.05) is 9.80 Å². The number of aromatic nitrogens is 1. The van der Waals surface area contributed by atoms with Crippen molar-refractivity contribution in [3.8, 4) is 72.4 Å². The van der Waals surface area contributed by atoms with Crippen molar-refractivity contribution in [2.24, 2.45) is 0 Å². The summed E-state index contributed by atoms with van der Waals surface area (Å²) in [6.45, 7) is 0. The highest BCUT2D eigenvalue weighted by Gasteiger charge is 2.21. The predicted octanol–water partition coefficient (Wildman–Crippen LogP) is 21.7. The molecule has 0 saturated heterocycles. The summed E-state index contributed by atoms with van der Waals surface area (Å²) in [5.41, 5.74) is 24.0. The van der Waals surface area contributed by atoms with Gasteiger partial charge in [0.25, 0.3) is 0 Å². The minimum absolute atomic E-state index is 1.07. The molecule has 0 spiro atoms. The zero-order chi connectivity index (χ0) is 53.9. The smallest absolute Gasteiger partial charge is 0.0619 e. The van der Waals surface area contributed by atoms with Crippen LogP contribution in [0.25, 0.3) is 94.3 Å². The number of hydrogen-bond donors (Lipinski definition) is 0. The standard InChI is InChI=1S/C78H55N3/c1-6-18-56(19-7-1)60-30-42-68(43-31-60)79(69-44-32-61(33-45-69)57-20-8-2-9-21-57)72-50-38-64(39-51-72)66-54-75(78-76(55-66)74-28-16-17-29-77(74)81(78)67-26-14-5-15-27-67)65-40-52-73(53-41-65)80(70-46-34-62(35-47-70)58-22-10-3-11-23-58)71-48-36-63(37-49-71)59-24-12-4-13-25-59/h1-55H. The minimum atomic E-state index is 1.07. The van der Waals surface area contributed by atoms with Gasteiger partial charge in [-0.3, -0.25) is 0 Å². The molecule has 0 bridgehead atoms. The van der Waals surface area contributed by atoms with E-state index in [1.165, 1.54) is 66.3 Å². The summed E-state index contributed by atoms with van der Waals surface area (Å²) in [5, 5.41) is 2.41. The van der Waals surface area contributed by atoms with Crippen LogP contribution in [0, 0.1) is 0 Å². The van der Waals surface area contributed by atoms with Gasteiger partial charge in [-0.15, -0.1) is 0 Å². The van der Waals surface area contributed by atoms with E-state index in [0.717, 1.165) is 62.1 Å². The molecule has 1 heterocycles. The fourth-order valence-corrected chi connectivity index (χ4v) is 11.6. The molecule has 0 radical (unpaired) electrons. The molecule has 0 atom stereocenters. The maximum Gasteiger partial charge on any atom is 0.0619 e. The summed E-state index contributed by atoms with van der Waals surface area (Å²) < 4.78 is 2.44. The number of rotatable bonds is 13. The summed E-state index contributed by atoms with van der Waals surface area (Å²) in [6, 6.07) is 121. The van der Waals surface area contributed by atoms with Gasteiger partial charge in [0.1, 0.15) is 0 Å². The second-order valence-corrected chi connectivity index (χ2v) is 20.5. The van der Waals surface area contributed by atoms with Gasteiger partial charge >= 0.3 is 0 Å². The third-order valence-electron chi connectivity index (χ3n) is 15.6. The maximum absolute atomic E-state index is 2.44. The highest BCUT2D eigenvalue weighted by Crippen LogP contribution is 2.45. The Morgan fingerprint density at radius 1 is 0.198 bits per heavy atom. The fourth-order valence-electron chi connectivity index (χ4n) is 11.6. The Balaban J connectivity index is 0.881.